The number of fused-ring (bicyclic) bond motifs is 1. The van der Waals surface area contributed by atoms with E-state index in [0.717, 1.165) is 12.8 Å². The Bertz CT molecular complexity index is 707. The van der Waals surface area contributed by atoms with E-state index in [0.29, 0.717) is 17.0 Å². The maximum atomic E-state index is 12.2. The van der Waals surface area contributed by atoms with Crippen LogP contribution < -0.4 is 5.69 Å². The van der Waals surface area contributed by atoms with Gasteiger partial charge in [0.05, 0.1) is 16.6 Å². The molecule has 1 aromatic heterocycles. The molecule has 1 aliphatic rings. The fourth-order valence-electron chi connectivity index (χ4n) is 3.39. The predicted molar refractivity (Wildman–Crippen MR) is 76.2 cm³/mol. The van der Waals surface area contributed by atoms with Crippen molar-refractivity contribution in [2.24, 2.45) is 5.92 Å². The van der Waals surface area contributed by atoms with Crippen molar-refractivity contribution in [1.82, 2.24) is 9.55 Å². The van der Waals surface area contributed by atoms with Gasteiger partial charge in [-0.25, -0.2) is 9.59 Å². The number of aromatic carboxylic acids is 1. The number of rotatable bonds is 3. The predicted octanol–water partition coefficient (Wildman–Crippen LogP) is 2.78. The summed E-state index contributed by atoms with van der Waals surface area (Å²) < 4.78 is 1.63. The van der Waals surface area contributed by atoms with Crippen molar-refractivity contribution in [1.29, 1.82) is 0 Å². The lowest BCUT2D eigenvalue weighted by Gasteiger charge is -2.20. The number of H-pyrrole nitrogens is 1. The summed E-state index contributed by atoms with van der Waals surface area (Å²) in [5.74, 6) is -0.546. The van der Waals surface area contributed by atoms with E-state index in [9.17, 15) is 14.7 Å². The zero-order valence-electron chi connectivity index (χ0n) is 11.4. The van der Waals surface area contributed by atoms with Gasteiger partial charge in [-0.3, -0.25) is 4.57 Å². The number of hydrogen-bond donors (Lipinski definition) is 2. The van der Waals surface area contributed by atoms with Crippen LogP contribution in [0.1, 0.15) is 49.0 Å². The average molecular weight is 274 g/mol. The van der Waals surface area contributed by atoms with Gasteiger partial charge in [0.1, 0.15) is 0 Å². The number of para-hydroxylation sites is 1. The molecule has 106 valence electrons. The lowest BCUT2D eigenvalue weighted by Crippen LogP contribution is -2.25. The van der Waals surface area contributed by atoms with Crippen molar-refractivity contribution in [2.45, 2.75) is 38.6 Å². The van der Waals surface area contributed by atoms with Gasteiger partial charge in [-0.05, 0) is 37.8 Å². The van der Waals surface area contributed by atoms with Gasteiger partial charge in [-0.2, -0.15) is 0 Å². The number of carboxylic acid groups (broad SMARTS) is 1. The molecule has 1 saturated carbocycles. The van der Waals surface area contributed by atoms with Crippen molar-refractivity contribution >= 4 is 17.0 Å². The van der Waals surface area contributed by atoms with E-state index in [2.05, 4.69) is 4.98 Å². The zero-order chi connectivity index (χ0) is 14.3. The molecule has 0 spiro atoms. The third-order valence-electron chi connectivity index (χ3n) is 4.46. The molecule has 0 amide bonds. The van der Waals surface area contributed by atoms with E-state index in [4.69, 9.17) is 0 Å². The highest BCUT2D eigenvalue weighted by Gasteiger charge is 2.27. The second-order valence-corrected chi connectivity index (χ2v) is 5.59. The Labute approximate surface area is 116 Å². The monoisotopic (exact) mass is 274 g/mol. The maximum Gasteiger partial charge on any atom is 0.337 e. The first-order valence-corrected chi connectivity index (χ1v) is 7.06. The Morgan fingerprint density at radius 1 is 1.40 bits per heavy atom. The summed E-state index contributed by atoms with van der Waals surface area (Å²) in [5.41, 5.74) is 1.09. The van der Waals surface area contributed by atoms with Crippen LogP contribution in [0, 0.1) is 5.92 Å². The first kappa shape index (κ1) is 13.0. The second kappa shape index (κ2) is 4.81. The van der Waals surface area contributed by atoms with E-state index in [1.54, 1.807) is 22.8 Å². The molecular weight excluding hydrogens is 256 g/mol. The maximum absolute atomic E-state index is 12.2. The standard InChI is InChI=1S/C15H18N2O3/c1-9(10-5-2-3-6-10)17-13-11(14(18)19)7-4-8-12(13)16-15(17)20/h4,7-10H,2-3,5-6H2,1H3,(H,16,20)(H,18,19). The van der Waals surface area contributed by atoms with E-state index in [-0.39, 0.29) is 17.3 Å². The summed E-state index contributed by atoms with van der Waals surface area (Å²) in [6, 6.07) is 4.99. The smallest absolute Gasteiger partial charge is 0.337 e. The van der Waals surface area contributed by atoms with E-state index < -0.39 is 5.97 Å². The number of nitrogens with zero attached hydrogens (tertiary/aromatic N) is 1. The van der Waals surface area contributed by atoms with Crippen LogP contribution in [-0.2, 0) is 0 Å². The molecule has 2 aromatic rings. The minimum absolute atomic E-state index is 0.0271. The lowest BCUT2D eigenvalue weighted by atomic mass is 9.99. The molecule has 0 radical (unpaired) electrons. The Morgan fingerprint density at radius 3 is 2.75 bits per heavy atom. The van der Waals surface area contributed by atoms with Crippen molar-refractivity contribution in [3.05, 3.63) is 34.2 Å². The molecule has 3 rings (SSSR count). The van der Waals surface area contributed by atoms with Gasteiger partial charge in [0.15, 0.2) is 0 Å². The first-order chi connectivity index (χ1) is 9.59. The van der Waals surface area contributed by atoms with Crippen LogP contribution in [0.3, 0.4) is 0 Å². The molecule has 5 heteroatoms. The van der Waals surface area contributed by atoms with E-state index in [1.165, 1.54) is 12.8 Å². The molecule has 0 saturated heterocycles. The molecule has 1 atom stereocenters. The third kappa shape index (κ3) is 1.94. The number of carboxylic acids is 1. The van der Waals surface area contributed by atoms with Crippen molar-refractivity contribution < 1.29 is 9.90 Å². The van der Waals surface area contributed by atoms with Gasteiger partial charge in [0.25, 0.3) is 0 Å². The highest BCUT2D eigenvalue weighted by molar-refractivity contribution is 6.01. The van der Waals surface area contributed by atoms with E-state index in [1.807, 2.05) is 6.92 Å². The SMILES string of the molecule is CC(C1CCCC1)n1c(=O)[nH]c2cccc(C(=O)O)c21. The second-order valence-electron chi connectivity index (χ2n) is 5.59. The first-order valence-electron chi connectivity index (χ1n) is 7.06. The van der Waals surface area contributed by atoms with Gasteiger partial charge >= 0.3 is 11.7 Å². The van der Waals surface area contributed by atoms with Crippen LogP contribution in [0.5, 0.6) is 0 Å². The molecule has 1 heterocycles. The third-order valence-corrected chi connectivity index (χ3v) is 4.46. The lowest BCUT2D eigenvalue weighted by molar-refractivity contribution is 0.0698. The van der Waals surface area contributed by atoms with Gasteiger partial charge in [-0.15, -0.1) is 0 Å². The summed E-state index contributed by atoms with van der Waals surface area (Å²) in [5, 5.41) is 9.33. The topological polar surface area (TPSA) is 75.1 Å². The Kier molecular flexibility index (Phi) is 3.12. The molecular formula is C15H18N2O3. The van der Waals surface area contributed by atoms with Gasteiger partial charge in [0.2, 0.25) is 0 Å². The fraction of sp³-hybridized carbons (Fsp3) is 0.467. The number of carbonyl (C=O) groups is 1. The number of imidazole rings is 1. The molecule has 5 nitrogen and oxygen atoms in total. The number of nitrogens with one attached hydrogen (secondary N) is 1. The van der Waals surface area contributed by atoms with Crippen LogP contribution in [-0.4, -0.2) is 20.6 Å². The fourth-order valence-corrected chi connectivity index (χ4v) is 3.39. The number of hydrogen-bond acceptors (Lipinski definition) is 2. The highest BCUT2D eigenvalue weighted by Crippen LogP contribution is 2.35. The molecule has 2 N–H and O–H groups in total. The normalized spacial score (nSPS) is 17.6. The number of aromatic nitrogens is 2. The van der Waals surface area contributed by atoms with Crippen LogP contribution in [0.15, 0.2) is 23.0 Å². The Hall–Kier alpha value is -2.04. The minimum atomic E-state index is -0.998. The molecule has 20 heavy (non-hydrogen) atoms. The van der Waals surface area contributed by atoms with Crippen LogP contribution in [0.4, 0.5) is 0 Å². The van der Waals surface area contributed by atoms with Crippen LogP contribution >= 0.6 is 0 Å². The minimum Gasteiger partial charge on any atom is -0.478 e. The number of benzene rings is 1. The van der Waals surface area contributed by atoms with Gasteiger partial charge in [-0.1, -0.05) is 18.9 Å². The van der Waals surface area contributed by atoms with Gasteiger partial charge < -0.3 is 10.1 Å². The molecule has 1 aromatic carbocycles. The van der Waals surface area contributed by atoms with Crippen LogP contribution in [0.2, 0.25) is 0 Å². The summed E-state index contributed by atoms with van der Waals surface area (Å²) >= 11 is 0. The quantitative estimate of drug-likeness (QED) is 0.903. The summed E-state index contributed by atoms with van der Waals surface area (Å²) in [6.07, 6.45) is 4.60. The molecule has 1 unspecified atom stereocenters. The summed E-state index contributed by atoms with van der Waals surface area (Å²) in [6.45, 7) is 2.02. The molecule has 0 aliphatic heterocycles. The molecule has 0 bridgehead atoms. The average Bonchev–Trinajstić information content (AvgIpc) is 3.03. The van der Waals surface area contributed by atoms with Gasteiger partial charge in [0, 0.05) is 6.04 Å². The highest BCUT2D eigenvalue weighted by atomic mass is 16.4. The van der Waals surface area contributed by atoms with E-state index >= 15 is 0 Å². The number of aromatic amines is 1. The van der Waals surface area contributed by atoms with Crippen molar-refractivity contribution in [2.75, 3.05) is 0 Å². The summed E-state index contributed by atoms with van der Waals surface area (Å²) in [7, 11) is 0. The Morgan fingerprint density at radius 2 is 2.10 bits per heavy atom. The van der Waals surface area contributed by atoms with Crippen molar-refractivity contribution in [3.8, 4) is 0 Å². The molecule has 1 fully saturated rings. The Balaban J connectivity index is 2.21. The molecule has 1 aliphatic carbocycles. The summed E-state index contributed by atoms with van der Waals surface area (Å²) in [4.78, 5) is 26.4. The zero-order valence-corrected chi connectivity index (χ0v) is 11.4. The van der Waals surface area contributed by atoms with Crippen LogP contribution in [0.25, 0.3) is 11.0 Å². The van der Waals surface area contributed by atoms with Crippen molar-refractivity contribution in [3.63, 3.8) is 0 Å². The largest absolute Gasteiger partial charge is 0.478 e.